The van der Waals surface area contributed by atoms with E-state index in [2.05, 4.69) is 5.32 Å². The van der Waals surface area contributed by atoms with Gasteiger partial charge in [-0.15, -0.1) is 0 Å². The molecule has 0 aromatic heterocycles. The molecule has 0 fully saturated rings. The maximum Gasteiger partial charge on any atom is 0.407 e. The number of rotatable bonds is 3. The number of halogens is 2. The maximum absolute atomic E-state index is 12.6. The second-order valence-corrected chi connectivity index (χ2v) is 4.52. The lowest BCUT2D eigenvalue weighted by molar-refractivity contribution is 0.0516. The normalized spacial score (nSPS) is 13.6. The van der Waals surface area contributed by atoms with Gasteiger partial charge in [-0.1, -0.05) is 22.6 Å². The van der Waals surface area contributed by atoms with E-state index in [-0.39, 0.29) is 6.54 Å². The Morgan fingerprint density at radius 3 is 2.54 bits per heavy atom. The van der Waals surface area contributed by atoms with Crippen molar-refractivity contribution in [3.63, 3.8) is 0 Å². The number of hydrogen-bond donors (Lipinski definition) is 1. The molecule has 13 heavy (non-hydrogen) atoms. The first kappa shape index (κ1) is 12.9. The Morgan fingerprint density at radius 1 is 1.62 bits per heavy atom. The van der Waals surface area contributed by atoms with Gasteiger partial charge in [0.05, 0.1) is 6.54 Å². The monoisotopic (exact) mass is 303 g/mol. The summed E-state index contributed by atoms with van der Waals surface area (Å²) in [7, 11) is 0. The van der Waals surface area contributed by atoms with E-state index >= 15 is 0 Å². The van der Waals surface area contributed by atoms with Crippen LogP contribution in [-0.2, 0) is 4.74 Å². The maximum atomic E-state index is 12.6. The molecule has 0 heterocycles. The third-order valence-corrected chi connectivity index (χ3v) is 1.99. The highest BCUT2D eigenvalue weighted by Gasteiger charge is 2.16. The summed E-state index contributed by atoms with van der Waals surface area (Å²) >= 11 is 1.92. The highest BCUT2D eigenvalue weighted by molar-refractivity contribution is 14.1. The summed E-state index contributed by atoms with van der Waals surface area (Å²) in [4.78, 5) is 11.0. The molecule has 0 aromatic carbocycles. The van der Waals surface area contributed by atoms with Gasteiger partial charge in [-0.3, -0.25) is 0 Å². The van der Waals surface area contributed by atoms with E-state index in [0.29, 0.717) is 4.43 Å². The van der Waals surface area contributed by atoms with Gasteiger partial charge in [0, 0.05) is 4.43 Å². The first-order valence-corrected chi connectivity index (χ1v) is 5.54. The molecule has 0 saturated heterocycles. The van der Waals surface area contributed by atoms with Crippen molar-refractivity contribution >= 4 is 28.7 Å². The fourth-order valence-corrected chi connectivity index (χ4v) is 0.874. The van der Waals surface area contributed by atoms with Crippen LogP contribution in [0.4, 0.5) is 9.18 Å². The molecule has 5 heteroatoms. The largest absolute Gasteiger partial charge is 0.444 e. The van der Waals surface area contributed by atoms with Crippen molar-refractivity contribution in [1.29, 1.82) is 0 Å². The van der Waals surface area contributed by atoms with Gasteiger partial charge in [0.1, 0.15) is 11.8 Å². The molecular formula is C8H15FINO2. The van der Waals surface area contributed by atoms with Gasteiger partial charge in [-0.25, -0.2) is 9.18 Å². The van der Waals surface area contributed by atoms with Gasteiger partial charge in [-0.05, 0) is 20.8 Å². The van der Waals surface area contributed by atoms with Crippen LogP contribution >= 0.6 is 22.6 Å². The number of ether oxygens (including phenoxy) is 1. The van der Waals surface area contributed by atoms with Crippen molar-refractivity contribution in [3.8, 4) is 0 Å². The molecule has 0 saturated carbocycles. The van der Waals surface area contributed by atoms with Crippen LogP contribution in [0.5, 0.6) is 0 Å². The van der Waals surface area contributed by atoms with Crippen molar-refractivity contribution in [2.24, 2.45) is 0 Å². The number of carbonyl (C=O) groups is 1. The third kappa shape index (κ3) is 8.27. The Balaban J connectivity index is 3.64. The van der Waals surface area contributed by atoms with Crippen LogP contribution in [-0.4, -0.2) is 28.8 Å². The summed E-state index contributed by atoms with van der Waals surface area (Å²) in [5.41, 5.74) is -0.528. The lowest BCUT2D eigenvalue weighted by atomic mass is 10.2. The minimum absolute atomic E-state index is 0.0118. The molecule has 1 amide bonds. The zero-order valence-corrected chi connectivity index (χ0v) is 10.2. The number of carbonyl (C=O) groups excluding carboxylic acids is 1. The second-order valence-electron chi connectivity index (χ2n) is 3.63. The summed E-state index contributed by atoms with van der Waals surface area (Å²) in [5.74, 6) is 0. The molecule has 0 radical (unpaired) electrons. The topological polar surface area (TPSA) is 38.3 Å². The van der Waals surface area contributed by atoms with Crippen LogP contribution < -0.4 is 5.32 Å². The first-order chi connectivity index (χ1) is 5.85. The summed E-state index contributed by atoms with van der Waals surface area (Å²) in [6.07, 6.45) is -1.58. The van der Waals surface area contributed by atoms with Crippen LogP contribution in [0.15, 0.2) is 0 Å². The molecule has 1 N–H and O–H groups in total. The van der Waals surface area contributed by atoms with E-state index in [4.69, 9.17) is 4.74 Å². The zero-order chi connectivity index (χ0) is 10.5. The Morgan fingerprint density at radius 2 is 2.15 bits per heavy atom. The first-order valence-electron chi connectivity index (χ1n) is 4.02. The van der Waals surface area contributed by atoms with E-state index in [0.717, 1.165) is 0 Å². The zero-order valence-electron chi connectivity index (χ0n) is 8.06. The highest BCUT2D eigenvalue weighted by Crippen LogP contribution is 2.06. The molecule has 1 atom stereocenters. The minimum Gasteiger partial charge on any atom is -0.444 e. The van der Waals surface area contributed by atoms with Crippen molar-refractivity contribution in [2.45, 2.75) is 32.5 Å². The van der Waals surface area contributed by atoms with Crippen LogP contribution in [0.2, 0.25) is 0 Å². The average molecular weight is 303 g/mol. The van der Waals surface area contributed by atoms with E-state index in [1.165, 1.54) is 0 Å². The SMILES string of the molecule is CC(C)(C)OC(=O)NC[C@H](F)CI. The minimum atomic E-state index is -1.01. The van der Waals surface area contributed by atoms with Crippen LogP contribution in [0, 0.1) is 0 Å². The molecule has 0 aliphatic carbocycles. The lowest BCUT2D eigenvalue weighted by Crippen LogP contribution is -2.36. The van der Waals surface area contributed by atoms with E-state index in [9.17, 15) is 9.18 Å². The predicted octanol–water partition coefficient (Wildman–Crippen LogP) is 2.28. The van der Waals surface area contributed by atoms with Gasteiger partial charge < -0.3 is 10.1 Å². The van der Waals surface area contributed by atoms with E-state index in [1.54, 1.807) is 20.8 Å². The summed E-state index contributed by atoms with van der Waals surface area (Å²) in [5, 5.41) is 2.35. The van der Waals surface area contributed by atoms with Gasteiger partial charge >= 0.3 is 6.09 Å². The lowest BCUT2D eigenvalue weighted by Gasteiger charge is -2.19. The van der Waals surface area contributed by atoms with Crippen LogP contribution in [0.25, 0.3) is 0 Å². The van der Waals surface area contributed by atoms with Gasteiger partial charge in [-0.2, -0.15) is 0 Å². The predicted molar refractivity (Wildman–Crippen MR) is 58.0 cm³/mol. The average Bonchev–Trinajstić information content (AvgIpc) is 1.97. The Bertz CT molecular complexity index is 170. The summed E-state index contributed by atoms with van der Waals surface area (Å²) in [6.45, 7) is 5.30. The molecule has 0 aromatic rings. The van der Waals surface area contributed by atoms with Gasteiger partial charge in [0.15, 0.2) is 0 Å². The molecule has 0 unspecified atom stereocenters. The quantitative estimate of drug-likeness (QED) is 0.642. The molecule has 78 valence electrons. The third-order valence-electron chi connectivity index (χ3n) is 1.03. The number of nitrogens with one attached hydrogen (secondary N) is 1. The van der Waals surface area contributed by atoms with Gasteiger partial charge in [0.25, 0.3) is 0 Å². The Hall–Kier alpha value is -0.0700. The second kappa shape index (κ2) is 5.62. The van der Waals surface area contributed by atoms with E-state index < -0.39 is 17.9 Å². The number of alkyl halides is 2. The fraction of sp³-hybridized carbons (Fsp3) is 0.875. The van der Waals surface area contributed by atoms with Crippen molar-refractivity contribution in [1.82, 2.24) is 5.32 Å². The van der Waals surface area contributed by atoms with Crippen molar-refractivity contribution < 1.29 is 13.9 Å². The standard InChI is InChI=1S/C8H15FINO2/c1-8(2,3)13-7(12)11-5-6(9)4-10/h6H,4-5H2,1-3H3,(H,11,12)/t6-/m1/s1. The smallest absolute Gasteiger partial charge is 0.407 e. The molecule has 0 rings (SSSR count). The molecule has 0 aliphatic rings. The van der Waals surface area contributed by atoms with Crippen molar-refractivity contribution in [3.05, 3.63) is 0 Å². The Kier molecular flexibility index (Phi) is 5.59. The number of alkyl carbamates (subject to hydrolysis) is 1. The molecule has 0 bridgehead atoms. The Labute approximate surface area is 91.5 Å². The highest BCUT2D eigenvalue weighted by atomic mass is 127. The summed E-state index contributed by atoms with van der Waals surface area (Å²) in [6, 6.07) is 0. The summed E-state index contributed by atoms with van der Waals surface area (Å²) < 4.78 is 17.9. The van der Waals surface area contributed by atoms with Crippen molar-refractivity contribution in [2.75, 3.05) is 11.0 Å². The molecular weight excluding hydrogens is 288 g/mol. The van der Waals surface area contributed by atoms with Gasteiger partial charge in [0.2, 0.25) is 0 Å². The fourth-order valence-electron chi connectivity index (χ4n) is 0.563. The van der Waals surface area contributed by atoms with E-state index in [1.807, 2.05) is 22.6 Å². The van der Waals surface area contributed by atoms with Crippen LogP contribution in [0.1, 0.15) is 20.8 Å². The molecule has 0 spiro atoms. The number of hydrogen-bond acceptors (Lipinski definition) is 2. The number of amides is 1. The molecule has 3 nitrogen and oxygen atoms in total. The van der Waals surface area contributed by atoms with Crippen LogP contribution in [0.3, 0.4) is 0 Å². The molecule has 0 aliphatic heterocycles.